The van der Waals surface area contributed by atoms with Gasteiger partial charge in [0.1, 0.15) is 0 Å². The minimum atomic E-state index is 0.739. The van der Waals surface area contributed by atoms with Gasteiger partial charge >= 0.3 is 0 Å². The molecule has 0 aliphatic rings. The average Bonchev–Trinajstić information content (AvgIpc) is 2.66. The number of benzene rings is 1. The predicted octanol–water partition coefficient (Wildman–Crippen LogP) is 4.07. The lowest BCUT2D eigenvalue weighted by Gasteiger charge is -1.94. The molecule has 84 valence electrons. The molecule has 5 heteroatoms. The zero-order chi connectivity index (χ0) is 11.7. The lowest BCUT2D eigenvalue weighted by atomic mass is 10.2. The molecule has 1 aromatic carbocycles. The van der Waals surface area contributed by atoms with Gasteiger partial charge in [-0.15, -0.1) is 0 Å². The molecule has 1 N–H and O–H groups in total. The number of hydrogen-bond donors (Lipinski definition) is 1. The summed E-state index contributed by atoms with van der Waals surface area (Å²) in [6.45, 7) is 5.88. The van der Waals surface area contributed by atoms with Crippen LogP contribution in [-0.2, 0) is 0 Å². The molecule has 0 atom stereocenters. The Balaban J connectivity index is 2.47. The summed E-state index contributed by atoms with van der Waals surface area (Å²) in [6, 6.07) is 3.87. The summed E-state index contributed by atoms with van der Waals surface area (Å²) in [6.07, 6.45) is 0. The molecule has 16 heavy (non-hydrogen) atoms. The Kier molecular flexibility index (Phi) is 3.12. The van der Waals surface area contributed by atoms with E-state index >= 15 is 0 Å². The third-order valence-electron chi connectivity index (χ3n) is 2.07. The zero-order valence-corrected chi connectivity index (χ0v) is 10.9. The molecule has 2 rings (SSSR count). The number of aromatic nitrogens is 1. The number of aryl methyl sites for hydroxylation is 1. The van der Waals surface area contributed by atoms with Crippen molar-refractivity contribution in [3.05, 3.63) is 22.7 Å². The van der Waals surface area contributed by atoms with E-state index in [-0.39, 0.29) is 0 Å². The quantitative estimate of drug-likeness (QED) is 0.647. The van der Waals surface area contributed by atoms with Crippen molar-refractivity contribution in [1.82, 2.24) is 4.98 Å². The van der Waals surface area contributed by atoms with Crippen molar-refractivity contribution < 1.29 is 0 Å². The van der Waals surface area contributed by atoms with E-state index in [2.05, 4.69) is 15.5 Å². The van der Waals surface area contributed by atoms with Crippen LogP contribution in [0, 0.1) is 6.92 Å². The van der Waals surface area contributed by atoms with E-state index in [1.54, 1.807) is 0 Å². The van der Waals surface area contributed by atoms with Crippen LogP contribution in [0.2, 0.25) is 5.02 Å². The molecule has 0 saturated heterocycles. The lowest BCUT2D eigenvalue weighted by Crippen LogP contribution is -1.91. The van der Waals surface area contributed by atoms with Crippen molar-refractivity contribution in [3.8, 4) is 0 Å². The molecular weight excluding hydrogens is 242 g/mol. The molecule has 0 amide bonds. The Morgan fingerprint density at radius 3 is 2.81 bits per heavy atom. The van der Waals surface area contributed by atoms with E-state index in [9.17, 15) is 0 Å². The lowest BCUT2D eigenvalue weighted by molar-refractivity contribution is 1.28. The van der Waals surface area contributed by atoms with Crippen LogP contribution in [0.1, 0.15) is 19.4 Å². The van der Waals surface area contributed by atoms with Crippen LogP contribution >= 0.6 is 22.9 Å². The van der Waals surface area contributed by atoms with Gasteiger partial charge in [0.15, 0.2) is 0 Å². The number of nitrogens with one attached hydrogen (secondary N) is 1. The molecule has 0 radical (unpaired) electrons. The molecule has 0 saturated carbocycles. The molecule has 0 unspecified atom stereocenters. The van der Waals surface area contributed by atoms with Gasteiger partial charge in [0.2, 0.25) is 5.13 Å². The Morgan fingerprint density at radius 2 is 2.19 bits per heavy atom. The standard InChI is InChI=1S/C11H12ClN3S/c1-6(2)14-15-11-13-9-7(3)4-5-8(12)10(9)16-11/h4-5H,1-3H3,(H,13,15). The van der Waals surface area contributed by atoms with Crippen molar-refractivity contribution in [2.45, 2.75) is 20.8 Å². The second kappa shape index (κ2) is 4.39. The number of rotatable bonds is 2. The van der Waals surface area contributed by atoms with Gasteiger partial charge in [0, 0.05) is 5.71 Å². The number of hydrazone groups is 1. The highest BCUT2D eigenvalue weighted by atomic mass is 35.5. The first kappa shape index (κ1) is 11.4. The van der Waals surface area contributed by atoms with Gasteiger partial charge in [-0.2, -0.15) is 5.10 Å². The van der Waals surface area contributed by atoms with Gasteiger partial charge in [-0.1, -0.05) is 29.0 Å². The normalized spacial score (nSPS) is 10.5. The molecule has 0 spiro atoms. The summed E-state index contributed by atoms with van der Waals surface area (Å²) in [4.78, 5) is 4.46. The van der Waals surface area contributed by atoms with Gasteiger partial charge in [-0.25, -0.2) is 4.98 Å². The van der Waals surface area contributed by atoms with E-state index in [1.165, 1.54) is 11.3 Å². The molecule has 1 heterocycles. The fourth-order valence-electron chi connectivity index (χ4n) is 1.31. The Bertz CT molecular complexity index is 517. The smallest absolute Gasteiger partial charge is 0.204 e. The topological polar surface area (TPSA) is 37.3 Å². The highest BCUT2D eigenvalue weighted by Crippen LogP contribution is 2.33. The van der Waals surface area contributed by atoms with Crippen LogP contribution in [0.15, 0.2) is 17.2 Å². The van der Waals surface area contributed by atoms with Crippen LogP contribution in [0.25, 0.3) is 10.2 Å². The van der Waals surface area contributed by atoms with E-state index in [0.717, 1.165) is 31.6 Å². The molecule has 0 fully saturated rings. The third kappa shape index (κ3) is 2.18. The van der Waals surface area contributed by atoms with E-state index in [0.29, 0.717) is 0 Å². The van der Waals surface area contributed by atoms with Crippen molar-refractivity contribution in [1.29, 1.82) is 0 Å². The monoisotopic (exact) mass is 253 g/mol. The van der Waals surface area contributed by atoms with Crippen LogP contribution in [0.4, 0.5) is 5.13 Å². The first-order chi connectivity index (χ1) is 7.58. The van der Waals surface area contributed by atoms with E-state index in [1.807, 2.05) is 32.9 Å². The Morgan fingerprint density at radius 1 is 1.44 bits per heavy atom. The number of anilines is 1. The van der Waals surface area contributed by atoms with Gasteiger partial charge in [-0.05, 0) is 32.4 Å². The summed E-state index contributed by atoms with van der Waals surface area (Å²) in [5.74, 6) is 0. The highest BCUT2D eigenvalue weighted by molar-refractivity contribution is 7.22. The first-order valence-electron chi connectivity index (χ1n) is 4.90. The summed E-state index contributed by atoms with van der Waals surface area (Å²) < 4.78 is 1.01. The van der Waals surface area contributed by atoms with Crippen molar-refractivity contribution >= 4 is 44.0 Å². The molecule has 2 aromatic rings. The van der Waals surface area contributed by atoms with Crippen molar-refractivity contribution in [2.75, 3.05) is 5.43 Å². The predicted molar refractivity (Wildman–Crippen MR) is 71.8 cm³/mol. The molecule has 0 aliphatic heterocycles. The van der Waals surface area contributed by atoms with Crippen molar-refractivity contribution in [2.24, 2.45) is 5.10 Å². The summed E-state index contributed by atoms with van der Waals surface area (Å²) in [7, 11) is 0. The minimum Gasteiger partial charge on any atom is -0.253 e. The average molecular weight is 254 g/mol. The number of nitrogens with zero attached hydrogens (tertiary/aromatic N) is 2. The van der Waals surface area contributed by atoms with Crippen LogP contribution < -0.4 is 5.43 Å². The molecule has 3 nitrogen and oxygen atoms in total. The third-order valence-corrected chi connectivity index (χ3v) is 3.49. The van der Waals surface area contributed by atoms with Crippen molar-refractivity contribution in [3.63, 3.8) is 0 Å². The number of fused-ring (bicyclic) bond motifs is 1. The van der Waals surface area contributed by atoms with Crippen LogP contribution in [0.5, 0.6) is 0 Å². The number of halogens is 1. The molecular formula is C11H12ClN3S. The fraction of sp³-hybridized carbons (Fsp3) is 0.273. The first-order valence-corrected chi connectivity index (χ1v) is 6.10. The number of hydrogen-bond acceptors (Lipinski definition) is 4. The van der Waals surface area contributed by atoms with Crippen LogP contribution in [0.3, 0.4) is 0 Å². The largest absolute Gasteiger partial charge is 0.253 e. The maximum absolute atomic E-state index is 6.11. The maximum Gasteiger partial charge on any atom is 0.204 e. The summed E-state index contributed by atoms with van der Waals surface area (Å²) >= 11 is 7.63. The second-order valence-corrected chi connectivity index (χ2v) is 5.14. The Labute approximate surface area is 103 Å². The zero-order valence-electron chi connectivity index (χ0n) is 9.34. The maximum atomic E-state index is 6.11. The summed E-state index contributed by atoms with van der Waals surface area (Å²) in [5.41, 5.74) is 5.96. The Hall–Kier alpha value is -1.13. The van der Waals surface area contributed by atoms with Gasteiger partial charge in [0.25, 0.3) is 0 Å². The fourth-order valence-corrected chi connectivity index (χ4v) is 2.47. The SMILES string of the molecule is CC(C)=NNc1nc2c(C)ccc(Cl)c2s1. The molecule has 0 aliphatic carbocycles. The van der Waals surface area contributed by atoms with E-state index in [4.69, 9.17) is 11.6 Å². The van der Waals surface area contributed by atoms with Crippen LogP contribution in [-0.4, -0.2) is 10.7 Å². The summed E-state index contributed by atoms with van der Waals surface area (Å²) in [5, 5.41) is 5.63. The molecule has 0 bridgehead atoms. The number of thiazole rings is 1. The second-order valence-electron chi connectivity index (χ2n) is 3.73. The minimum absolute atomic E-state index is 0.739. The van der Waals surface area contributed by atoms with Gasteiger partial charge in [0.05, 0.1) is 15.2 Å². The molecule has 1 aromatic heterocycles. The van der Waals surface area contributed by atoms with E-state index < -0.39 is 0 Å². The van der Waals surface area contributed by atoms with Gasteiger partial charge < -0.3 is 0 Å². The highest BCUT2D eigenvalue weighted by Gasteiger charge is 2.08. The van der Waals surface area contributed by atoms with Gasteiger partial charge in [-0.3, -0.25) is 5.43 Å².